The summed E-state index contributed by atoms with van der Waals surface area (Å²) >= 11 is 0. The molecule has 9 heteroatoms. The average Bonchev–Trinajstić information content (AvgIpc) is 2.80. The fourth-order valence-corrected chi connectivity index (χ4v) is 1.63. The van der Waals surface area contributed by atoms with Gasteiger partial charge in [0.05, 0.1) is 7.11 Å². The molecule has 2 aromatic heterocycles. The number of nitrogens with one attached hydrogen (secondary N) is 1. The summed E-state index contributed by atoms with van der Waals surface area (Å²) in [5.41, 5.74) is -0.979. The van der Waals surface area contributed by atoms with E-state index in [1.54, 1.807) is 0 Å². The number of alkyl halides is 3. The zero-order valence-electron chi connectivity index (χ0n) is 11.1. The fourth-order valence-electron chi connectivity index (χ4n) is 1.63. The van der Waals surface area contributed by atoms with Crippen molar-refractivity contribution in [2.75, 3.05) is 12.4 Å². The van der Waals surface area contributed by atoms with Crippen molar-refractivity contribution in [3.05, 3.63) is 35.7 Å². The number of hydrogen-bond donors (Lipinski definition) is 1. The zero-order chi connectivity index (χ0) is 15.6. The molecule has 0 aliphatic heterocycles. The lowest BCUT2D eigenvalue weighted by Crippen LogP contribution is -2.15. The Kier molecular flexibility index (Phi) is 3.83. The highest BCUT2D eigenvalue weighted by Crippen LogP contribution is 2.29. The van der Waals surface area contributed by atoms with Crippen LogP contribution < -0.4 is 10.1 Å². The quantitative estimate of drug-likeness (QED) is 0.942. The van der Waals surface area contributed by atoms with Crippen molar-refractivity contribution in [2.24, 2.45) is 7.05 Å². The smallest absolute Gasteiger partial charge is 0.435 e. The number of anilines is 1. The SMILES string of the molecule is COc1ncccc1C(=O)Nc1cc(C(F)(F)F)nn1C. The van der Waals surface area contributed by atoms with E-state index in [1.165, 1.54) is 32.5 Å². The number of aryl methyl sites for hydroxylation is 1. The highest BCUT2D eigenvalue weighted by molar-refractivity contribution is 6.05. The van der Waals surface area contributed by atoms with Crippen molar-refractivity contribution in [2.45, 2.75) is 6.18 Å². The molecular weight excluding hydrogens is 289 g/mol. The van der Waals surface area contributed by atoms with Gasteiger partial charge in [0.25, 0.3) is 5.91 Å². The number of carbonyl (C=O) groups excluding carboxylic acids is 1. The average molecular weight is 300 g/mol. The number of halogens is 3. The van der Waals surface area contributed by atoms with Crippen LogP contribution in [-0.2, 0) is 13.2 Å². The van der Waals surface area contributed by atoms with Crippen molar-refractivity contribution in [1.29, 1.82) is 0 Å². The van der Waals surface area contributed by atoms with Crippen LogP contribution >= 0.6 is 0 Å². The maximum Gasteiger partial charge on any atom is 0.435 e. The van der Waals surface area contributed by atoms with Gasteiger partial charge in [-0.25, -0.2) is 4.98 Å². The van der Waals surface area contributed by atoms with E-state index in [2.05, 4.69) is 15.4 Å². The lowest BCUT2D eigenvalue weighted by molar-refractivity contribution is -0.141. The Hall–Kier alpha value is -2.58. The molecular formula is C12H11F3N4O2. The van der Waals surface area contributed by atoms with E-state index in [0.29, 0.717) is 0 Å². The third kappa shape index (κ3) is 3.12. The molecule has 21 heavy (non-hydrogen) atoms. The van der Waals surface area contributed by atoms with Crippen molar-refractivity contribution in [3.63, 3.8) is 0 Å². The van der Waals surface area contributed by atoms with Crippen LogP contribution in [0, 0.1) is 0 Å². The summed E-state index contributed by atoms with van der Waals surface area (Å²) in [5, 5.41) is 5.64. The second kappa shape index (κ2) is 5.43. The molecule has 112 valence electrons. The van der Waals surface area contributed by atoms with Gasteiger partial charge in [0.2, 0.25) is 5.88 Å². The van der Waals surface area contributed by atoms with E-state index in [9.17, 15) is 18.0 Å². The van der Waals surface area contributed by atoms with Crippen molar-refractivity contribution < 1.29 is 22.7 Å². The predicted octanol–water partition coefficient (Wildman–Crippen LogP) is 2.09. The highest BCUT2D eigenvalue weighted by Gasteiger charge is 2.34. The summed E-state index contributed by atoms with van der Waals surface area (Å²) in [4.78, 5) is 15.9. The van der Waals surface area contributed by atoms with Crippen LogP contribution in [0.15, 0.2) is 24.4 Å². The first kappa shape index (κ1) is 14.8. The summed E-state index contributed by atoms with van der Waals surface area (Å²) in [6.45, 7) is 0. The highest BCUT2D eigenvalue weighted by atomic mass is 19.4. The molecule has 2 heterocycles. The largest absolute Gasteiger partial charge is 0.480 e. The van der Waals surface area contributed by atoms with Crippen molar-refractivity contribution >= 4 is 11.7 Å². The van der Waals surface area contributed by atoms with Crippen LogP contribution in [0.1, 0.15) is 16.1 Å². The van der Waals surface area contributed by atoms with Gasteiger partial charge in [-0.3, -0.25) is 9.48 Å². The second-order valence-corrected chi connectivity index (χ2v) is 4.05. The number of methoxy groups -OCH3 is 1. The zero-order valence-corrected chi connectivity index (χ0v) is 11.1. The molecule has 0 unspecified atom stereocenters. The van der Waals surface area contributed by atoms with Crippen LogP contribution in [0.4, 0.5) is 19.0 Å². The third-order valence-corrected chi connectivity index (χ3v) is 2.62. The van der Waals surface area contributed by atoms with E-state index < -0.39 is 17.8 Å². The first-order valence-corrected chi connectivity index (χ1v) is 5.74. The number of nitrogens with zero attached hydrogens (tertiary/aromatic N) is 3. The maximum absolute atomic E-state index is 12.5. The van der Waals surface area contributed by atoms with Gasteiger partial charge in [-0.2, -0.15) is 18.3 Å². The van der Waals surface area contributed by atoms with Gasteiger partial charge in [-0.05, 0) is 12.1 Å². The van der Waals surface area contributed by atoms with Crippen molar-refractivity contribution in [3.8, 4) is 5.88 Å². The standard InChI is InChI=1S/C12H11F3N4O2/c1-19-9(6-8(18-19)12(13,14)15)17-10(20)7-4-3-5-16-11(7)21-2/h3-6H,1-2H3,(H,17,20). The molecule has 0 radical (unpaired) electrons. The van der Waals surface area contributed by atoms with Crippen LogP contribution in [0.5, 0.6) is 5.88 Å². The number of rotatable bonds is 3. The topological polar surface area (TPSA) is 69.0 Å². The van der Waals surface area contributed by atoms with Gasteiger partial charge in [-0.1, -0.05) is 0 Å². The molecule has 0 spiro atoms. The number of aromatic nitrogens is 3. The maximum atomic E-state index is 12.5. The Balaban J connectivity index is 2.26. The summed E-state index contributed by atoms with van der Waals surface area (Å²) in [7, 11) is 2.64. The van der Waals surface area contributed by atoms with Gasteiger partial charge in [0.15, 0.2) is 5.69 Å². The van der Waals surface area contributed by atoms with Gasteiger partial charge in [0.1, 0.15) is 11.4 Å². The molecule has 1 amide bonds. The Morgan fingerprint density at radius 2 is 2.14 bits per heavy atom. The monoisotopic (exact) mass is 300 g/mol. The lowest BCUT2D eigenvalue weighted by atomic mass is 10.2. The van der Waals surface area contributed by atoms with Crippen LogP contribution in [0.25, 0.3) is 0 Å². The first-order chi connectivity index (χ1) is 9.82. The molecule has 0 saturated heterocycles. The normalized spacial score (nSPS) is 11.3. The Labute approximate surface area is 117 Å². The van der Waals surface area contributed by atoms with Crippen LogP contribution in [0.2, 0.25) is 0 Å². The minimum absolute atomic E-state index is 0.0770. The van der Waals surface area contributed by atoms with E-state index >= 15 is 0 Å². The molecule has 1 N–H and O–H groups in total. The minimum Gasteiger partial charge on any atom is -0.480 e. The Morgan fingerprint density at radius 3 is 2.71 bits per heavy atom. The van der Waals surface area contributed by atoms with Crippen LogP contribution in [-0.4, -0.2) is 27.8 Å². The summed E-state index contributed by atoms with van der Waals surface area (Å²) < 4.78 is 43.5. The van der Waals surface area contributed by atoms with Gasteiger partial charge in [0, 0.05) is 19.3 Å². The number of carbonyl (C=O) groups is 1. The van der Waals surface area contributed by atoms with E-state index in [0.717, 1.165) is 10.7 Å². The van der Waals surface area contributed by atoms with Gasteiger partial charge < -0.3 is 10.1 Å². The molecule has 0 aliphatic rings. The summed E-state index contributed by atoms with van der Waals surface area (Å²) in [6, 6.07) is 3.71. The molecule has 6 nitrogen and oxygen atoms in total. The molecule has 0 atom stereocenters. The molecule has 2 aromatic rings. The lowest BCUT2D eigenvalue weighted by Gasteiger charge is -2.07. The fraction of sp³-hybridized carbons (Fsp3) is 0.250. The number of pyridine rings is 1. The summed E-state index contributed by atoms with van der Waals surface area (Å²) in [5.74, 6) is -0.650. The Morgan fingerprint density at radius 1 is 1.43 bits per heavy atom. The molecule has 0 bridgehead atoms. The first-order valence-electron chi connectivity index (χ1n) is 5.74. The molecule has 0 fully saturated rings. The predicted molar refractivity (Wildman–Crippen MR) is 67.0 cm³/mol. The van der Waals surface area contributed by atoms with E-state index in [4.69, 9.17) is 4.74 Å². The molecule has 0 saturated carbocycles. The van der Waals surface area contributed by atoms with Gasteiger partial charge in [-0.15, -0.1) is 0 Å². The third-order valence-electron chi connectivity index (χ3n) is 2.62. The van der Waals surface area contributed by atoms with E-state index in [-0.39, 0.29) is 17.3 Å². The van der Waals surface area contributed by atoms with E-state index in [1.807, 2.05) is 0 Å². The number of amides is 1. The van der Waals surface area contributed by atoms with Crippen molar-refractivity contribution in [1.82, 2.24) is 14.8 Å². The molecule has 2 rings (SSSR count). The van der Waals surface area contributed by atoms with Crippen LogP contribution in [0.3, 0.4) is 0 Å². The molecule has 0 aromatic carbocycles. The number of ether oxygens (including phenoxy) is 1. The summed E-state index contributed by atoms with van der Waals surface area (Å²) in [6.07, 6.45) is -3.14. The number of hydrogen-bond acceptors (Lipinski definition) is 4. The van der Waals surface area contributed by atoms with Gasteiger partial charge >= 0.3 is 6.18 Å². The molecule has 0 aliphatic carbocycles. The minimum atomic E-state index is -4.58. The second-order valence-electron chi connectivity index (χ2n) is 4.05. The Bertz CT molecular complexity index is 667.